The summed E-state index contributed by atoms with van der Waals surface area (Å²) in [5, 5.41) is 2.75. The van der Waals surface area contributed by atoms with E-state index in [-0.39, 0.29) is 18.4 Å². The first-order valence-corrected chi connectivity index (χ1v) is 10.8. The van der Waals surface area contributed by atoms with Crippen LogP contribution in [0, 0.1) is 0 Å². The average Bonchev–Trinajstić information content (AvgIpc) is 3.06. The molecule has 3 rings (SSSR count). The van der Waals surface area contributed by atoms with Crippen LogP contribution in [0.3, 0.4) is 0 Å². The highest BCUT2D eigenvalue weighted by Gasteiger charge is 2.31. The number of hydrogen-bond acceptors (Lipinski definition) is 7. The second-order valence-corrected chi connectivity index (χ2v) is 8.20. The molecule has 0 spiro atoms. The summed E-state index contributed by atoms with van der Waals surface area (Å²) in [4.78, 5) is 26.8. The normalized spacial score (nSPS) is 14.4. The fraction of sp³-hybridized carbons (Fsp3) is 0.174. The number of thioether (sulfide) groups is 1. The maximum Gasteiger partial charge on any atom is 0.266 e. The second-order valence-electron chi connectivity index (χ2n) is 6.53. The van der Waals surface area contributed by atoms with Gasteiger partial charge in [-0.05, 0) is 35.9 Å². The Kier molecular flexibility index (Phi) is 7.91. The smallest absolute Gasteiger partial charge is 0.266 e. The van der Waals surface area contributed by atoms with E-state index in [1.165, 1.54) is 30.9 Å². The van der Waals surface area contributed by atoms with Gasteiger partial charge in [0.1, 0.15) is 10.1 Å². The fourth-order valence-corrected chi connectivity index (χ4v) is 4.18. The van der Waals surface area contributed by atoms with Gasteiger partial charge in [0.25, 0.3) is 11.8 Å². The van der Waals surface area contributed by atoms with Crippen LogP contribution in [0.15, 0.2) is 60.0 Å². The van der Waals surface area contributed by atoms with Crippen molar-refractivity contribution in [2.45, 2.75) is 0 Å². The Hall–Kier alpha value is -3.30. The first kappa shape index (κ1) is 23.4. The van der Waals surface area contributed by atoms with Gasteiger partial charge in [-0.1, -0.05) is 48.3 Å². The minimum absolute atomic E-state index is 0.160. The van der Waals surface area contributed by atoms with E-state index in [1.807, 2.05) is 6.07 Å². The summed E-state index contributed by atoms with van der Waals surface area (Å²) in [5.41, 5.74) is 1.30. The zero-order chi connectivity index (χ0) is 23.1. The number of hydrogen-bond donors (Lipinski definition) is 1. The molecule has 1 fully saturated rings. The van der Waals surface area contributed by atoms with Gasteiger partial charge >= 0.3 is 0 Å². The Balaban J connectivity index is 1.68. The molecule has 2 aromatic carbocycles. The number of benzene rings is 2. The summed E-state index contributed by atoms with van der Waals surface area (Å²) in [6, 6.07) is 12.3. The molecule has 7 nitrogen and oxygen atoms in total. The lowest BCUT2D eigenvalue weighted by molar-refractivity contribution is -0.121. The molecule has 2 aromatic rings. The van der Waals surface area contributed by atoms with Gasteiger partial charge in [-0.3, -0.25) is 14.5 Å². The Bertz CT molecular complexity index is 1080. The number of amides is 2. The molecule has 2 amide bonds. The molecule has 1 aliphatic heterocycles. The monoisotopic (exact) mass is 470 g/mol. The maximum absolute atomic E-state index is 12.5. The van der Waals surface area contributed by atoms with Crippen LogP contribution in [0.25, 0.3) is 6.08 Å². The fourth-order valence-electron chi connectivity index (χ4n) is 2.91. The van der Waals surface area contributed by atoms with E-state index in [4.69, 9.17) is 26.4 Å². The van der Waals surface area contributed by atoms with E-state index in [9.17, 15) is 9.59 Å². The molecule has 166 valence electrons. The molecule has 1 aliphatic rings. The third-order valence-electron chi connectivity index (χ3n) is 4.41. The Morgan fingerprint density at radius 2 is 1.91 bits per heavy atom. The standard InChI is InChI=1S/C23H22N2O5S2/c1-4-11-25-22(27)20(32-23(25)31)13-15-9-10-18(19(12-15)29-3)30-14-21(26)24-16-7-5-6-8-17(16)28-2/h4-10,12-13H,1,11,14H2,2-3H3,(H,24,26)/b20-13+. The average molecular weight is 471 g/mol. The quantitative estimate of drug-likeness (QED) is 0.336. The van der Waals surface area contributed by atoms with Gasteiger partial charge in [0.15, 0.2) is 18.1 Å². The third-order valence-corrected chi connectivity index (χ3v) is 5.79. The van der Waals surface area contributed by atoms with Crippen LogP contribution in [-0.2, 0) is 9.59 Å². The summed E-state index contributed by atoms with van der Waals surface area (Å²) < 4.78 is 16.8. The van der Waals surface area contributed by atoms with Crippen molar-refractivity contribution in [1.82, 2.24) is 4.90 Å². The molecule has 32 heavy (non-hydrogen) atoms. The van der Waals surface area contributed by atoms with Crippen LogP contribution in [0.4, 0.5) is 5.69 Å². The SMILES string of the molecule is C=CCN1C(=O)/C(=C\c2ccc(OCC(=O)Nc3ccccc3OC)c(OC)c2)SC1=S. The summed E-state index contributed by atoms with van der Waals surface area (Å²) in [7, 11) is 3.04. The van der Waals surface area contributed by atoms with Gasteiger partial charge in [-0.25, -0.2) is 0 Å². The van der Waals surface area contributed by atoms with Crippen molar-refractivity contribution in [1.29, 1.82) is 0 Å². The molecule has 9 heteroatoms. The van der Waals surface area contributed by atoms with Crippen molar-refractivity contribution in [3.63, 3.8) is 0 Å². The molecule has 0 radical (unpaired) electrons. The van der Waals surface area contributed by atoms with Crippen molar-refractivity contribution in [3.8, 4) is 17.2 Å². The molecule has 0 atom stereocenters. The predicted octanol–water partition coefficient (Wildman–Crippen LogP) is 4.11. The molecular weight excluding hydrogens is 448 g/mol. The number of nitrogens with one attached hydrogen (secondary N) is 1. The summed E-state index contributed by atoms with van der Waals surface area (Å²) in [5.74, 6) is 0.893. The zero-order valence-corrected chi connectivity index (χ0v) is 19.3. The van der Waals surface area contributed by atoms with E-state index in [1.54, 1.807) is 48.6 Å². The molecule has 0 aromatic heterocycles. The predicted molar refractivity (Wildman–Crippen MR) is 130 cm³/mol. The highest BCUT2D eigenvalue weighted by atomic mass is 32.2. The topological polar surface area (TPSA) is 77.1 Å². The van der Waals surface area contributed by atoms with Gasteiger partial charge in [0, 0.05) is 6.54 Å². The van der Waals surface area contributed by atoms with Crippen molar-refractivity contribution in [3.05, 3.63) is 65.6 Å². The number of thiocarbonyl (C=S) groups is 1. The van der Waals surface area contributed by atoms with Gasteiger partial charge in [-0.2, -0.15) is 0 Å². The molecule has 0 aliphatic carbocycles. The lowest BCUT2D eigenvalue weighted by atomic mass is 10.2. The molecule has 0 saturated carbocycles. The minimum atomic E-state index is -0.341. The largest absolute Gasteiger partial charge is 0.495 e. The molecule has 1 heterocycles. The van der Waals surface area contributed by atoms with Gasteiger partial charge < -0.3 is 19.5 Å². The van der Waals surface area contributed by atoms with E-state index >= 15 is 0 Å². The first-order valence-electron chi connectivity index (χ1n) is 9.56. The van der Waals surface area contributed by atoms with E-state index in [0.29, 0.717) is 38.7 Å². The van der Waals surface area contributed by atoms with Crippen molar-refractivity contribution < 1.29 is 23.8 Å². The number of anilines is 1. The van der Waals surface area contributed by atoms with Crippen LogP contribution >= 0.6 is 24.0 Å². The van der Waals surface area contributed by atoms with E-state index in [2.05, 4.69) is 11.9 Å². The number of para-hydroxylation sites is 2. The number of rotatable bonds is 9. The third kappa shape index (κ3) is 5.49. The summed E-state index contributed by atoms with van der Waals surface area (Å²) >= 11 is 6.49. The Labute approximate surface area is 196 Å². The number of nitrogens with zero attached hydrogens (tertiary/aromatic N) is 1. The van der Waals surface area contributed by atoms with Crippen molar-refractivity contribution >= 4 is 51.9 Å². The van der Waals surface area contributed by atoms with Gasteiger partial charge in [-0.15, -0.1) is 6.58 Å². The summed E-state index contributed by atoms with van der Waals surface area (Å²) in [6.45, 7) is 3.80. The highest BCUT2D eigenvalue weighted by Crippen LogP contribution is 2.34. The second kappa shape index (κ2) is 10.8. The van der Waals surface area contributed by atoms with Gasteiger partial charge in [0.05, 0.1) is 24.8 Å². The molecule has 0 unspecified atom stereocenters. The van der Waals surface area contributed by atoms with E-state index in [0.717, 1.165) is 5.56 Å². The number of carbonyl (C=O) groups excluding carboxylic acids is 2. The number of ether oxygens (including phenoxy) is 3. The number of methoxy groups -OCH3 is 2. The first-order chi connectivity index (χ1) is 15.5. The lowest BCUT2D eigenvalue weighted by Crippen LogP contribution is -2.27. The molecule has 1 saturated heterocycles. The zero-order valence-electron chi connectivity index (χ0n) is 17.6. The van der Waals surface area contributed by atoms with Crippen molar-refractivity contribution in [2.75, 3.05) is 32.7 Å². The van der Waals surface area contributed by atoms with Crippen molar-refractivity contribution in [2.24, 2.45) is 0 Å². The Morgan fingerprint density at radius 1 is 1.16 bits per heavy atom. The molecular formula is C23H22N2O5S2. The van der Waals surface area contributed by atoms with Crippen LogP contribution in [0.1, 0.15) is 5.56 Å². The van der Waals surface area contributed by atoms with E-state index < -0.39 is 0 Å². The summed E-state index contributed by atoms with van der Waals surface area (Å²) in [6.07, 6.45) is 3.37. The van der Waals surface area contributed by atoms with Gasteiger partial charge in [0.2, 0.25) is 0 Å². The lowest BCUT2D eigenvalue weighted by Gasteiger charge is -2.13. The Morgan fingerprint density at radius 3 is 2.62 bits per heavy atom. The molecule has 1 N–H and O–H groups in total. The van der Waals surface area contributed by atoms with Crippen LogP contribution in [0.2, 0.25) is 0 Å². The number of carbonyl (C=O) groups is 2. The minimum Gasteiger partial charge on any atom is -0.495 e. The highest BCUT2D eigenvalue weighted by molar-refractivity contribution is 8.26. The molecule has 0 bridgehead atoms. The van der Waals surface area contributed by atoms with Crippen LogP contribution in [0.5, 0.6) is 17.2 Å². The maximum atomic E-state index is 12.5. The van der Waals surface area contributed by atoms with Crippen LogP contribution in [-0.4, -0.2) is 48.4 Å². The van der Waals surface area contributed by atoms with Crippen LogP contribution < -0.4 is 19.5 Å².